The maximum Gasteiger partial charge on any atom is 0.234 e. The van der Waals surface area contributed by atoms with Crippen molar-refractivity contribution in [1.29, 1.82) is 0 Å². The summed E-state index contributed by atoms with van der Waals surface area (Å²) in [5, 5.41) is 11.9. The van der Waals surface area contributed by atoms with Gasteiger partial charge in [0.05, 0.1) is 10.8 Å². The first kappa shape index (κ1) is 17.2. The first-order chi connectivity index (χ1) is 11.5. The average Bonchev–Trinajstić information content (AvgIpc) is 3.19. The topological polar surface area (TPSA) is 59.8 Å². The van der Waals surface area contributed by atoms with Crippen LogP contribution in [0.2, 0.25) is 5.02 Å². The highest BCUT2D eigenvalue weighted by molar-refractivity contribution is 7.99. The number of rotatable bonds is 5. The molecule has 8 heteroatoms. The zero-order valence-corrected chi connectivity index (χ0v) is 14.8. The van der Waals surface area contributed by atoms with E-state index in [9.17, 15) is 9.18 Å². The molecular weight excluding hydrogens is 351 g/mol. The summed E-state index contributed by atoms with van der Waals surface area (Å²) in [6.45, 7) is 0. The Morgan fingerprint density at radius 1 is 1.42 bits per heavy atom. The van der Waals surface area contributed by atoms with E-state index in [1.54, 1.807) is 0 Å². The highest BCUT2D eigenvalue weighted by atomic mass is 35.5. The van der Waals surface area contributed by atoms with Gasteiger partial charge in [-0.15, -0.1) is 10.2 Å². The molecule has 1 heterocycles. The number of nitrogens with one attached hydrogen (secondary N) is 1. The Hall–Kier alpha value is -1.60. The Bertz CT molecular complexity index is 746. The number of aromatic nitrogens is 3. The van der Waals surface area contributed by atoms with Crippen LogP contribution < -0.4 is 5.32 Å². The Labute approximate surface area is 149 Å². The molecule has 0 saturated heterocycles. The van der Waals surface area contributed by atoms with Crippen LogP contribution >= 0.6 is 23.4 Å². The molecule has 2 aromatic rings. The predicted molar refractivity (Wildman–Crippen MR) is 93.0 cm³/mol. The van der Waals surface area contributed by atoms with Crippen molar-refractivity contribution in [3.05, 3.63) is 34.9 Å². The fourth-order valence-corrected chi connectivity index (χ4v) is 3.79. The van der Waals surface area contributed by atoms with Crippen LogP contribution in [0.4, 0.5) is 10.1 Å². The third-order valence-corrected chi connectivity index (χ3v) is 5.43. The molecule has 5 nitrogen and oxygen atoms in total. The summed E-state index contributed by atoms with van der Waals surface area (Å²) in [6.07, 6.45) is 4.79. The van der Waals surface area contributed by atoms with Gasteiger partial charge in [-0.25, -0.2) is 4.39 Å². The van der Waals surface area contributed by atoms with E-state index in [-0.39, 0.29) is 16.7 Å². The number of amides is 1. The molecule has 0 aliphatic heterocycles. The Balaban J connectivity index is 1.57. The number of nitrogens with zero attached hydrogens (tertiary/aromatic N) is 3. The third kappa shape index (κ3) is 3.89. The lowest BCUT2D eigenvalue weighted by atomic mass is 10.1. The minimum absolute atomic E-state index is 0.0186. The van der Waals surface area contributed by atoms with Gasteiger partial charge in [-0.1, -0.05) is 36.2 Å². The van der Waals surface area contributed by atoms with Gasteiger partial charge < -0.3 is 9.88 Å². The van der Waals surface area contributed by atoms with Gasteiger partial charge in [-0.2, -0.15) is 0 Å². The predicted octanol–water partition coefficient (Wildman–Crippen LogP) is 4.00. The van der Waals surface area contributed by atoms with Crippen molar-refractivity contribution in [2.45, 2.75) is 36.8 Å². The maximum absolute atomic E-state index is 13.1. The van der Waals surface area contributed by atoms with Crippen LogP contribution in [0.1, 0.15) is 37.4 Å². The third-order valence-electron chi connectivity index (χ3n) is 4.12. The number of benzene rings is 1. The van der Waals surface area contributed by atoms with Gasteiger partial charge in [0.1, 0.15) is 11.6 Å². The smallest absolute Gasteiger partial charge is 0.234 e. The molecule has 1 saturated carbocycles. The van der Waals surface area contributed by atoms with Crippen molar-refractivity contribution in [2.24, 2.45) is 7.05 Å². The van der Waals surface area contributed by atoms with Crippen molar-refractivity contribution in [3.63, 3.8) is 0 Å². The first-order valence-corrected chi connectivity index (χ1v) is 9.18. The minimum Gasteiger partial charge on any atom is -0.325 e. The summed E-state index contributed by atoms with van der Waals surface area (Å²) in [7, 11) is 1.94. The van der Waals surface area contributed by atoms with Gasteiger partial charge in [-0.05, 0) is 31.0 Å². The molecule has 1 aromatic carbocycles. The van der Waals surface area contributed by atoms with Gasteiger partial charge in [0, 0.05) is 18.7 Å². The highest BCUT2D eigenvalue weighted by Gasteiger charge is 2.23. The largest absolute Gasteiger partial charge is 0.325 e. The molecule has 1 fully saturated rings. The second-order valence-corrected chi connectivity index (χ2v) is 7.20. The molecule has 24 heavy (non-hydrogen) atoms. The molecule has 1 amide bonds. The molecule has 0 spiro atoms. The van der Waals surface area contributed by atoms with Gasteiger partial charge in [0.15, 0.2) is 5.16 Å². The zero-order valence-electron chi connectivity index (χ0n) is 13.3. The van der Waals surface area contributed by atoms with Crippen molar-refractivity contribution < 1.29 is 9.18 Å². The molecule has 1 aliphatic rings. The van der Waals surface area contributed by atoms with E-state index in [0.717, 1.165) is 23.8 Å². The van der Waals surface area contributed by atoms with E-state index >= 15 is 0 Å². The molecule has 0 atom stereocenters. The molecule has 1 N–H and O–H groups in total. The van der Waals surface area contributed by atoms with Crippen LogP contribution in [-0.4, -0.2) is 26.4 Å². The number of hydrogen-bond acceptors (Lipinski definition) is 4. The van der Waals surface area contributed by atoms with Crippen molar-refractivity contribution in [3.8, 4) is 0 Å². The lowest BCUT2D eigenvalue weighted by molar-refractivity contribution is -0.113. The molecule has 128 valence electrons. The lowest BCUT2D eigenvalue weighted by Gasteiger charge is -2.09. The van der Waals surface area contributed by atoms with Crippen molar-refractivity contribution >= 4 is 35.0 Å². The maximum atomic E-state index is 13.1. The van der Waals surface area contributed by atoms with E-state index in [2.05, 4.69) is 15.5 Å². The number of carbonyl (C=O) groups excluding carboxylic acids is 1. The Morgan fingerprint density at radius 2 is 2.17 bits per heavy atom. The number of hydrogen-bond donors (Lipinski definition) is 1. The number of thioether (sulfide) groups is 1. The fourth-order valence-electron chi connectivity index (χ4n) is 2.89. The molecular formula is C16H18ClFN4OS. The van der Waals surface area contributed by atoms with Crippen LogP contribution in [0, 0.1) is 5.82 Å². The molecule has 1 aliphatic carbocycles. The molecule has 0 bridgehead atoms. The number of anilines is 1. The summed E-state index contributed by atoms with van der Waals surface area (Å²) < 4.78 is 15.1. The van der Waals surface area contributed by atoms with Gasteiger partial charge in [-0.3, -0.25) is 4.79 Å². The second-order valence-electron chi connectivity index (χ2n) is 5.85. The van der Waals surface area contributed by atoms with Gasteiger partial charge in [0.25, 0.3) is 0 Å². The lowest BCUT2D eigenvalue weighted by Crippen LogP contribution is -2.14. The molecule has 0 radical (unpaired) electrons. The summed E-state index contributed by atoms with van der Waals surface area (Å²) >= 11 is 7.03. The monoisotopic (exact) mass is 368 g/mol. The van der Waals surface area contributed by atoms with Crippen LogP contribution in [0.25, 0.3) is 0 Å². The van der Waals surface area contributed by atoms with Crippen LogP contribution in [0.3, 0.4) is 0 Å². The standard InChI is InChI=1S/C16H18ClFN4OS/c1-22-15(10-4-2-3-5-10)20-21-16(22)24-9-14(23)19-11-6-7-13(18)12(17)8-11/h6-8,10H,2-5,9H2,1H3,(H,19,23). The van der Waals surface area contributed by atoms with E-state index in [1.807, 2.05) is 11.6 Å². The van der Waals surface area contributed by atoms with E-state index in [0.29, 0.717) is 11.6 Å². The van der Waals surface area contributed by atoms with E-state index < -0.39 is 5.82 Å². The van der Waals surface area contributed by atoms with Crippen molar-refractivity contribution in [1.82, 2.24) is 14.8 Å². The summed E-state index contributed by atoms with van der Waals surface area (Å²) in [4.78, 5) is 12.0. The normalized spacial score (nSPS) is 15.0. The first-order valence-electron chi connectivity index (χ1n) is 7.81. The van der Waals surface area contributed by atoms with Crippen LogP contribution in [0.15, 0.2) is 23.4 Å². The minimum atomic E-state index is -0.512. The van der Waals surface area contributed by atoms with Crippen LogP contribution in [0.5, 0.6) is 0 Å². The number of carbonyl (C=O) groups is 1. The van der Waals surface area contributed by atoms with E-state index in [4.69, 9.17) is 11.6 Å². The molecule has 1 aromatic heterocycles. The zero-order chi connectivity index (χ0) is 17.1. The molecule has 3 rings (SSSR count). The summed E-state index contributed by atoms with van der Waals surface area (Å²) in [5.74, 6) is 0.967. The quantitative estimate of drug-likeness (QED) is 0.810. The average molecular weight is 369 g/mol. The Morgan fingerprint density at radius 3 is 2.88 bits per heavy atom. The molecule has 0 unspecified atom stereocenters. The van der Waals surface area contributed by atoms with Crippen molar-refractivity contribution in [2.75, 3.05) is 11.1 Å². The Kier molecular flexibility index (Phi) is 5.40. The van der Waals surface area contributed by atoms with Gasteiger partial charge >= 0.3 is 0 Å². The SMILES string of the molecule is Cn1c(SCC(=O)Nc2ccc(F)c(Cl)c2)nnc1C1CCCC1. The summed E-state index contributed by atoms with van der Waals surface area (Å²) in [6, 6.07) is 4.09. The van der Waals surface area contributed by atoms with Gasteiger partial charge in [0.2, 0.25) is 5.91 Å². The second kappa shape index (κ2) is 7.53. The fraction of sp³-hybridized carbons (Fsp3) is 0.438. The van der Waals surface area contributed by atoms with Crippen LogP contribution in [-0.2, 0) is 11.8 Å². The summed E-state index contributed by atoms with van der Waals surface area (Å²) in [5.41, 5.74) is 0.469. The van der Waals surface area contributed by atoms with E-state index in [1.165, 1.54) is 42.8 Å². The number of halogens is 2. The highest BCUT2D eigenvalue weighted by Crippen LogP contribution is 2.33.